The summed E-state index contributed by atoms with van der Waals surface area (Å²) in [4.78, 5) is 2.34. The lowest BCUT2D eigenvalue weighted by Crippen LogP contribution is -2.45. The number of halogens is 1. The number of rotatable bonds is 5. The second kappa shape index (κ2) is 7.64. The van der Waals surface area contributed by atoms with Gasteiger partial charge in [-0.05, 0) is 17.7 Å². The summed E-state index contributed by atoms with van der Waals surface area (Å²) in [7, 11) is 3.24. The standard InChI is InChI=1S/C15H20BrN3O2/c1-20-14-9-11(12(16)10-15(14)21-2)13(3-4-17)19-7-5-18-6-8-19/h9-10,13,18H,3,5-8H2,1-2H3/t13-/m0/s1. The van der Waals surface area contributed by atoms with Crippen LogP contribution in [0.15, 0.2) is 16.6 Å². The first-order valence-electron chi connectivity index (χ1n) is 6.94. The number of piperazine rings is 1. The van der Waals surface area contributed by atoms with E-state index in [0.29, 0.717) is 17.9 Å². The van der Waals surface area contributed by atoms with Gasteiger partial charge >= 0.3 is 0 Å². The summed E-state index contributed by atoms with van der Waals surface area (Å²) in [6, 6.07) is 6.23. The van der Waals surface area contributed by atoms with Crippen molar-refractivity contribution in [1.82, 2.24) is 10.2 Å². The minimum absolute atomic E-state index is 0.0614. The van der Waals surface area contributed by atoms with E-state index >= 15 is 0 Å². The van der Waals surface area contributed by atoms with E-state index in [1.165, 1.54) is 0 Å². The van der Waals surface area contributed by atoms with Gasteiger partial charge in [-0.3, -0.25) is 4.90 Å². The summed E-state index contributed by atoms with van der Waals surface area (Å²) in [5.41, 5.74) is 1.07. The average Bonchev–Trinajstić information content (AvgIpc) is 2.53. The Morgan fingerprint density at radius 1 is 1.29 bits per heavy atom. The number of methoxy groups -OCH3 is 2. The minimum Gasteiger partial charge on any atom is -0.493 e. The lowest BCUT2D eigenvalue weighted by atomic mass is 10.0. The maximum Gasteiger partial charge on any atom is 0.161 e. The largest absolute Gasteiger partial charge is 0.493 e. The second-order valence-electron chi connectivity index (χ2n) is 4.89. The molecular formula is C15H20BrN3O2. The van der Waals surface area contributed by atoms with Gasteiger partial charge in [0, 0.05) is 36.7 Å². The smallest absolute Gasteiger partial charge is 0.161 e. The van der Waals surface area contributed by atoms with E-state index in [4.69, 9.17) is 9.47 Å². The van der Waals surface area contributed by atoms with E-state index in [1.807, 2.05) is 12.1 Å². The number of nitriles is 1. The number of benzene rings is 1. The van der Waals surface area contributed by atoms with Crippen molar-refractivity contribution < 1.29 is 9.47 Å². The molecule has 0 bridgehead atoms. The van der Waals surface area contributed by atoms with Crippen LogP contribution < -0.4 is 14.8 Å². The summed E-state index contributed by atoms with van der Waals surface area (Å²) < 4.78 is 11.6. The number of hydrogen-bond acceptors (Lipinski definition) is 5. The molecular weight excluding hydrogens is 334 g/mol. The van der Waals surface area contributed by atoms with E-state index in [1.54, 1.807) is 14.2 Å². The van der Waals surface area contributed by atoms with Crippen molar-refractivity contribution in [2.45, 2.75) is 12.5 Å². The van der Waals surface area contributed by atoms with Crippen LogP contribution in [-0.4, -0.2) is 45.3 Å². The Hall–Kier alpha value is -1.29. The third kappa shape index (κ3) is 3.67. The molecule has 0 aromatic heterocycles. The Bertz CT molecular complexity index is 524. The Morgan fingerprint density at radius 2 is 1.90 bits per heavy atom. The molecule has 1 atom stereocenters. The SMILES string of the molecule is COc1cc(Br)c([C@H](CC#N)N2CCNCC2)cc1OC. The lowest BCUT2D eigenvalue weighted by Gasteiger charge is -2.34. The van der Waals surface area contributed by atoms with Crippen LogP contribution >= 0.6 is 15.9 Å². The van der Waals surface area contributed by atoms with Gasteiger partial charge in [-0.1, -0.05) is 15.9 Å². The number of ether oxygens (including phenoxy) is 2. The average molecular weight is 354 g/mol. The molecule has 1 aromatic carbocycles. The highest BCUT2D eigenvalue weighted by molar-refractivity contribution is 9.10. The third-order valence-corrected chi connectivity index (χ3v) is 4.43. The van der Waals surface area contributed by atoms with Crippen LogP contribution in [0.1, 0.15) is 18.0 Å². The predicted molar refractivity (Wildman–Crippen MR) is 84.7 cm³/mol. The van der Waals surface area contributed by atoms with Crippen molar-refractivity contribution in [1.29, 1.82) is 5.26 Å². The maximum atomic E-state index is 9.18. The fourth-order valence-electron chi connectivity index (χ4n) is 2.64. The summed E-state index contributed by atoms with van der Waals surface area (Å²) in [6.07, 6.45) is 0.452. The zero-order valence-corrected chi connectivity index (χ0v) is 13.9. The summed E-state index contributed by atoms with van der Waals surface area (Å²) in [5, 5.41) is 12.5. The van der Waals surface area contributed by atoms with Crippen LogP contribution in [-0.2, 0) is 0 Å². The Balaban J connectivity index is 2.37. The molecule has 1 aromatic rings. The van der Waals surface area contributed by atoms with Crippen LogP contribution in [0.5, 0.6) is 11.5 Å². The van der Waals surface area contributed by atoms with Crippen molar-refractivity contribution in [2.75, 3.05) is 40.4 Å². The molecule has 1 aliphatic rings. The van der Waals surface area contributed by atoms with Gasteiger partial charge in [0.2, 0.25) is 0 Å². The fourth-order valence-corrected chi connectivity index (χ4v) is 3.23. The van der Waals surface area contributed by atoms with E-state index < -0.39 is 0 Å². The van der Waals surface area contributed by atoms with Crippen LogP contribution in [0.4, 0.5) is 0 Å². The molecule has 1 heterocycles. The predicted octanol–water partition coefficient (Wildman–Crippen LogP) is 2.33. The van der Waals surface area contributed by atoms with Gasteiger partial charge in [0.15, 0.2) is 11.5 Å². The monoisotopic (exact) mass is 353 g/mol. The van der Waals surface area contributed by atoms with Crippen LogP contribution in [0, 0.1) is 11.3 Å². The summed E-state index contributed by atoms with van der Waals surface area (Å²) >= 11 is 3.60. The quantitative estimate of drug-likeness (QED) is 0.880. The molecule has 0 aliphatic carbocycles. The van der Waals surface area contributed by atoms with E-state index in [-0.39, 0.29) is 6.04 Å². The van der Waals surface area contributed by atoms with Gasteiger partial charge in [0.1, 0.15) is 0 Å². The van der Waals surface area contributed by atoms with E-state index in [2.05, 4.69) is 32.2 Å². The summed E-state index contributed by atoms with van der Waals surface area (Å²) in [5.74, 6) is 1.37. The molecule has 6 heteroatoms. The fraction of sp³-hybridized carbons (Fsp3) is 0.533. The zero-order chi connectivity index (χ0) is 15.2. The van der Waals surface area contributed by atoms with Crippen LogP contribution in [0.2, 0.25) is 0 Å². The highest BCUT2D eigenvalue weighted by atomic mass is 79.9. The van der Waals surface area contributed by atoms with Gasteiger partial charge in [-0.15, -0.1) is 0 Å². The second-order valence-corrected chi connectivity index (χ2v) is 5.75. The van der Waals surface area contributed by atoms with Crippen molar-refractivity contribution >= 4 is 15.9 Å². The van der Waals surface area contributed by atoms with Crippen molar-refractivity contribution in [3.05, 3.63) is 22.2 Å². The highest BCUT2D eigenvalue weighted by Gasteiger charge is 2.25. The Morgan fingerprint density at radius 3 is 2.48 bits per heavy atom. The minimum atomic E-state index is 0.0614. The third-order valence-electron chi connectivity index (χ3n) is 3.74. The van der Waals surface area contributed by atoms with Gasteiger partial charge < -0.3 is 14.8 Å². The van der Waals surface area contributed by atoms with E-state index in [0.717, 1.165) is 36.2 Å². The molecule has 0 unspecified atom stereocenters. The number of nitrogens with one attached hydrogen (secondary N) is 1. The van der Waals surface area contributed by atoms with Gasteiger partial charge in [-0.2, -0.15) is 5.26 Å². The van der Waals surface area contributed by atoms with Crippen LogP contribution in [0.25, 0.3) is 0 Å². The highest BCUT2D eigenvalue weighted by Crippen LogP contribution is 2.38. The molecule has 2 rings (SSSR count). The molecule has 1 saturated heterocycles. The molecule has 114 valence electrons. The first-order valence-corrected chi connectivity index (χ1v) is 7.73. The molecule has 0 radical (unpaired) electrons. The molecule has 21 heavy (non-hydrogen) atoms. The molecule has 0 spiro atoms. The lowest BCUT2D eigenvalue weighted by molar-refractivity contribution is 0.175. The molecule has 1 fully saturated rings. The first-order chi connectivity index (χ1) is 10.2. The van der Waals surface area contributed by atoms with Gasteiger partial charge in [0.05, 0.1) is 26.7 Å². The van der Waals surface area contributed by atoms with Gasteiger partial charge in [0.25, 0.3) is 0 Å². The molecule has 1 aliphatic heterocycles. The number of nitrogens with zero attached hydrogens (tertiary/aromatic N) is 2. The number of hydrogen-bond donors (Lipinski definition) is 1. The molecule has 1 N–H and O–H groups in total. The topological polar surface area (TPSA) is 57.5 Å². The molecule has 0 amide bonds. The molecule has 0 saturated carbocycles. The summed E-state index contributed by atoms with van der Waals surface area (Å²) in [6.45, 7) is 3.78. The van der Waals surface area contributed by atoms with Crippen molar-refractivity contribution in [2.24, 2.45) is 0 Å². The normalized spacial score (nSPS) is 17.0. The van der Waals surface area contributed by atoms with Crippen molar-refractivity contribution in [3.8, 4) is 17.6 Å². The molecule has 5 nitrogen and oxygen atoms in total. The first kappa shape index (κ1) is 16.1. The van der Waals surface area contributed by atoms with Crippen LogP contribution in [0.3, 0.4) is 0 Å². The Labute approximate surface area is 134 Å². The maximum absolute atomic E-state index is 9.18. The van der Waals surface area contributed by atoms with Crippen molar-refractivity contribution in [3.63, 3.8) is 0 Å². The van der Waals surface area contributed by atoms with Gasteiger partial charge in [-0.25, -0.2) is 0 Å². The zero-order valence-electron chi connectivity index (χ0n) is 12.4. The van der Waals surface area contributed by atoms with E-state index in [9.17, 15) is 5.26 Å². The Kier molecular flexibility index (Phi) is 5.85.